The third-order valence-electron chi connectivity index (χ3n) is 2.96. The molecule has 3 unspecified atom stereocenters. The van der Waals surface area contributed by atoms with Crippen LogP contribution in [0.25, 0.3) is 0 Å². The predicted molar refractivity (Wildman–Crippen MR) is 77.9 cm³/mol. The van der Waals surface area contributed by atoms with E-state index in [0.717, 1.165) is 6.42 Å². The number of thioether (sulfide) groups is 1. The number of benzene rings is 1. The lowest BCUT2D eigenvalue weighted by atomic mass is 10.0. The van der Waals surface area contributed by atoms with Crippen molar-refractivity contribution in [3.8, 4) is 0 Å². The van der Waals surface area contributed by atoms with Crippen molar-refractivity contribution >= 4 is 11.8 Å². The van der Waals surface area contributed by atoms with Gasteiger partial charge in [-0.25, -0.2) is 0 Å². The topological polar surface area (TPSA) is 52.5 Å². The van der Waals surface area contributed by atoms with Gasteiger partial charge in [-0.2, -0.15) is 11.8 Å². The number of rotatable bonds is 8. The van der Waals surface area contributed by atoms with E-state index in [1.54, 1.807) is 11.8 Å². The molecule has 3 nitrogen and oxygen atoms in total. The first kappa shape index (κ1) is 15.5. The Labute approximate surface area is 114 Å². The van der Waals surface area contributed by atoms with Gasteiger partial charge >= 0.3 is 0 Å². The van der Waals surface area contributed by atoms with E-state index in [9.17, 15) is 5.11 Å². The van der Waals surface area contributed by atoms with E-state index < -0.39 is 6.10 Å². The van der Waals surface area contributed by atoms with Gasteiger partial charge < -0.3 is 15.5 Å². The van der Waals surface area contributed by atoms with Crippen molar-refractivity contribution in [3.05, 3.63) is 35.9 Å². The van der Waals surface area contributed by atoms with E-state index >= 15 is 0 Å². The van der Waals surface area contributed by atoms with Crippen LogP contribution in [-0.2, 0) is 0 Å². The van der Waals surface area contributed by atoms with Crippen molar-refractivity contribution < 1.29 is 10.2 Å². The zero-order valence-corrected chi connectivity index (χ0v) is 11.9. The molecule has 0 amide bonds. The summed E-state index contributed by atoms with van der Waals surface area (Å²) in [5.74, 6) is 0.569. The molecule has 3 atom stereocenters. The third kappa shape index (κ3) is 4.61. The average Bonchev–Trinajstić information content (AvgIpc) is 2.43. The van der Waals surface area contributed by atoms with Gasteiger partial charge in [-0.1, -0.05) is 37.3 Å². The maximum atomic E-state index is 9.44. The Kier molecular flexibility index (Phi) is 7.35. The summed E-state index contributed by atoms with van der Waals surface area (Å²) in [7, 11) is 1.96. The van der Waals surface area contributed by atoms with E-state index in [1.807, 2.05) is 25.2 Å². The molecule has 0 saturated heterocycles. The van der Waals surface area contributed by atoms with Crippen LogP contribution in [0.5, 0.6) is 0 Å². The number of aliphatic hydroxyl groups excluding tert-OH is 2. The van der Waals surface area contributed by atoms with E-state index in [1.165, 1.54) is 5.56 Å². The molecule has 0 radical (unpaired) electrons. The Bertz CT molecular complexity index is 321. The highest BCUT2D eigenvalue weighted by atomic mass is 32.2. The second kappa shape index (κ2) is 8.53. The molecule has 3 N–H and O–H groups in total. The number of nitrogens with one attached hydrogen (secondary N) is 1. The van der Waals surface area contributed by atoms with Crippen molar-refractivity contribution in [1.82, 2.24) is 5.32 Å². The van der Waals surface area contributed by atoms with Crippen molar-refractivity contribution in [2.24, 2.45) is 0 Å². The summed E-state index contributed by atoms with van der Waals surface area (Å²) in [6.45, 7) is 1.98. The summed E-state index contributed by atoms with van der Waals surface area (Å²) in [4.78, 5) is 0. The molecule has 1 rings (SSSR count). The Hall–Kier alpha value is -0.550. The van der Waals surface area contributed by atoms with Crippen molar-refractivity contribution in [1.29, 1.82) is 0 Å². The number of aliphatic hydroxyl groups is 2. The molecule has 0 aliphatic carbocycles. The maximum absolute atomic E-state index is 9.44. The van der Waals surface area contributed by atoms with Crippen LogP contribution in [-0.4, -0.2) is 41.0 Å². The molecule has 1 aromatic rings. The van der Waals surface area contributed by atoms with Crippen molar-refractivity contribution in [3.63, 3.8) is 0 Å². The second-order valence-electron chi connectivity index (χ2n) is 4.29. The van der Waals surface area contributed by atoms with Gasteiger partial charge in [0, 0.05) is 17.0 Å². The Morgan fingerprint density at radius 2 is 1.94 bits per heavy atom. The molecule has 0 saturated carbocycles. The SMILES string of the molecule is CCC(SCC(O)CO)C(NC)c1ccccc1. The lowest BCUT2D eigenvalue weighted by Gasteiger charge is -2.26. The van der Waals surface area contributed by atoms with Crippen LogP contribution < -0.4 is 5.32 Å². The minimum atomic E-state index is -0.627. The zero-order chi connectivity index (χ0) is 13.4. The average molecular weight is 269 g/mol. The molecule has 0 spiro atoms. The number of hydrogen-bond acceptors (Lipinski definition) is 4. The minimum absolute atomic E-state index is 0.168. The van der Waals surface area contributed by atoms with Crippen LogP contribution in [0, 0.1) is 0 Å². The van der Waals surface area contributed by atoms with Crippen LogP contribution in [0.15, 0.2) is 30.3 Å². The van der Waals surface area contributed by atoms with Gasteiger partial charge in [0.15, 0.2) is 0 Å². The number of hydrogen-bond donors (Lipinski definition) is 3. The molecular weight excluding hydrogens is 246 g/mol. The molecule has 102 valence electrons. The molecule has 4 heteroatoms. The fourth-order valence-corrected chi connectivity index (χ4v) is 3.26. The minimum Gasteiger partial charge on any atom is -0.394 e. The van der Waals surface area contributed by atoms with Crippen molar-refractivity contribution in [2.75, 3.05) is 19.4 Å². The Morgan fingerprint density at radius 3 is 2.44 bits per heavy atom. The summed E-state index contributed by atoms with van der Waals surface area (Å²) < 4.78 is 0. The summed E-state index contributed by atoms with van der Waals surface area (Å²) in [6, 6.07) is 10.6. The summed E-state index contributed by atoms with van der Waals surface area (Å²) in [5, 5.41) is 22.0. The molecule has 18 heavy (non-hydrogen) atoms. The molecule has 0 aromatic heterocycles. The standard InChI is InChI=1S/C14H23NO2S/c1-3-13(18-10-12(17)9-16)14(15-2)11-7-5-4-6-8-11/h4-8,12-17H,3,9-10H2,1-2H3. The van der Waals surface area contributed by atoms with Crippen molar-refractivity contribution in [2.45, 2.75) is 30.7 Å². The molecule has 0 heterocycles. The van der Waals surface area contributed by atoms with E-state index in [4.69, 9.17) is 5.11 Å². The van der Waals surface area contributed by atoms with E-state index in [0.29, 0.717) is 11.0 Å². The molecule has 0 fully saturated rings. The maximum Gasteiger partial charge on any atom is 0.0861 e. The van der Waals surface area contributed by atoms with Crippen LogP contribution >= 0.6 is 11.8 Å². The largest absolute Gasteiger partial charge is 0.394 e. The molecule has 1 aromatic carbocycles. The van der Waals surface area contributed by atoms with Gasteiger partial charge in [0.1, 0.15) is 0 Å². The fourth-order valence-electron chi connectivity index (χ4n) is 1.96. The van der Waals surface area contributed by atoms with Crippen LogP contribution in [0.1, 0.15) is 24.9 Å². The van der Waals surface area contributed by atoms with Gasteiger partial charge in [-0.05, 0) is 19.0 Å². The normalized spacial score (nSPS) is 16.2. The first-order valence-electron chi connectivity index (χ1n) is 6.35. The van der Waals surface area contributed by atoms with Gasteiger partial charge in [0.2, 0.25) is 0 Å². The quantitative estimate of drug-likeness (QED) is 0.674. The molecule has 0 bridgehead atoms. The predicted octanol–water partition coefficient (Wildman–Crippen LogP) is 1.81. The first-order valence-corrected chi connectivity index (χ1v) is 7.40. The highest BCUT2D eigenvalue weighted by Gasteiger charge is 2.21. The first-order chi connectivity index (χ1) is 8.72. The summed E-state index contributed by atoms with van der Waals surface area (Å²) >= 11 is 1.71. The summed E-state index contributed by atoms with van der Waals surface area (Å²) in [6.07, 6.45) is 0.390. The second-order valence-corrected chi connectivity index (χ2v) is 5.57. The smallest absolute Gasteiger partial charge is 0.0861 e. The van der Waals surface area contributed by atoms with E-state index in [2.05, 4.69) is 24.4 Å². The third-order valence-corrected chi connectivity index (χ3v) is 4.57. The highest BCUT2D eigenvalue weighted by Crippen LogP contribution is 2.29. The Morgan fingerprint density at radius 1 is 1.28 bits per heavy atom. The van der Waals surface area contributed by atoms with Crippen LogP contribution in [0.2, 0.25) is 0 Å². The molecular formula is C14H23NO2S. The lowest BCUT2D eigenvalue weighted by Crippen LogP contribution is -2.28. The van der Waals surface area contributed by atoms with Gasteiger partial charge in [-0.3, -0.25) is 0 Å². The van der Waals surface area contributed by atoms with E-state index in [-0.39, 0.29) is 12.6 Å². The van der Waals surface area contributed by atoms with Gasteiger partial charge in [0.05, 0.1) is 12.7 Å². The zero-order valence-electron chi connectivity index (χ0n) is 11.0. The fraction of sp³-hybridized carbons (Fsp3) is 0.571. The van der Waals surface area contributed by atoms with Gasteiger partial charge in [-0.15, -0.1) is 0 Å². The summed E-state index contributed by atoms with van der Waals surface area (Å²) in [5.41, 5.74) is 1.26. The van der Waals surface area contributed by atoms with Gasteiger partial charge in [0.25, 0.3) is 0 Å². The lowest BCUT2D eigenvalue weighted by molar-refractivity contribution is 0.113. The Balaban J connectivity index is 2.66. The highest BCUT2D eigenvalue weighted by molar-refractivity contribution is 8.00. The van der Waals surface area contributed by atoms with Crippen LogP contribution in [0.4, 0.5) is 0 Å². The monoisotopic (exact) mass is 269 g/mol. The van der Waals surface area contributed by atoms with Crippen LogP contribution in [0.3, 0.4) is 0 Å². The molecule has 0 aliphatic heterocycles. The molecule has 0 aliphatic rings.